The summed E-state index contributed by atoms with van der Waals surface area (Å²) in [5, 5.41) is 2.54. The summed E-state index contributed by atoms with van der Waals surface area (Å²) in [6.45, 7) is 7.60. The molecule has 6 rings (SSSR count). The molecule has 0 radical (unpaired) electrons. The van der Waals surface area contributed by atoms with Gasteiger partial charge in [0.2, 0.25) is 0 Å². The zero-order valence-electron chi connectivity index (χ0n) is 36.5. The fraction of sp³-hybridized carbons (Fsp3) is 0.489. The summed E-state index contributed by atoms with van der Waals surface area (Å²) in [4.78, 5) is 5.05. The summed E-state index contributed by atoms with van der Waals surface area (Å²) in [6.07, 6.45) is 0.859. The number of hydrogen-bond acceptors (Lipinski definition) is 12. The quantitative estimate of drug-likeness (QED) is 0.0729. The molecule has 4 N–H and O–H groups in total. The van der Waals surface area contributed by atoms with Gasteiger partial charge >= 0.3 is 0 Å². The minimum Gasteiger partial charge on any atom is -0.379 e. The minimum absolute atomic E-state index is 0. The Bertz CT molecular complexity index is 2160. The monoisotopic (exact) mass is 1020 g/mol. The van der Waals surface area contributed by atoms with Crippen molar-refractivity contribution in [3.8, 4) is 0 Å². The van der Waals surface area contributed by atoms with E-state index in [1.165, 1.54) is 0 Å². The largest absolute Gasteiger partial charge is 0.379 e. The molecule has 4 aromatic rings. The second kappa shape index (κ2) is 27.0. The lowest BCUT2D eigenvalue weighted by molar-refractivity contribution is 0.0512. The number of rotatable bonds is 22. The zero-order chi connectivity index (χ0) is 46.3. The number of likely N-dealkylation sites (N-methyl/N-ethyl adjacent to an activating group) is 2. The van der Waals surface area contributed by atoms with E-state index in [-0.39, 0.29) is 30.8 Å². The van der Waals surface area contributed by atoms with Crippen molar-refractivity contribution >= 4 is 66.1 Å². The minimum atomic E-state index is -3.37. The van der Waals surface area contributed by atoms with E-state index < -0.39 is 19.7 Å². The number of nitrogens with zero attached hydrogens (tertiary/aromatic N) is 2. The lowest BCUT2D eigenvalue weighted by Gasteiger charge is -2.33. The Morgan fingerprint density at radius 1 is 0.538 bits per heavy atom. The van der Waals surface area contributed by atoms with Crippen LogP contribution in [0.15, 0.2) is 82.6 Å². The molecule has 360 valence electrons. The number of nitrogens with two attached hydrogens (primary N) is 2. The molecule has 0 spiro atoms. The first-order valence-corrected chi connectivity index (χ1v) is 26.1. The first-order chi connectivity index (χ1) is 30.6. The van der Waals surface area contributed by atoms with E-state index in [0.717, 1.165) is 59.6 Å². The van der Waals surface area contributed by atoms with Crippen LogP contribution in [0.2, 0.25) is 20.1 Å². The van der Waals surface area contributed by atoms with Gasteiger partial charge in [0.25, 0.3) is 0 Å². The Balaban J connectivity index is 0.000000280. The fourth-order valence-corrected chi connectivity index (χ4v) is 11.5. The molecule has 2 atom stereocenters. The molecule has 1 unspecified atom stereocenters. The Morgan fingerprint density at radius 2 is 0.877 bits per heavy atom. The molecule has 4 aromatic carbocycles. The number of hydrogen-bond donors (Lipinski definition) is 2. The van der Waals surface area contributed by atoms with Crippen LogP contribution in [0.5, 0.6) is 0 Å². The highest BCUT2D eigenvalue weighted by Crippen LogP contribution is 2.40. The van der Waals surface area contributed by atoms with Crippen molar-refractivity contribution in [1.82, 2.24) is 9.80 Å². The highest BCUT2D eigenvalue weighted by Gasteiger charge is 2.29. The van der Waals surface area contributed by atoms with E-state index in [9.17, 15) is 16.8 Å². The molecule has 0 aromatic heterocycles. The van der Waals surface area contributed by atoms with Crippen molar-refractivity contribution in [2.45, 2.75) is 55.0 Å². The van der Waals surface area contributed by atoms with Crippen LogP contribution < -0.4 is 11.5 Å². The van der Waals surface area contributed by atoms with Crippen molar-refractivity contribution in [2.24, 2.45) is 11.5 Å². The van der Waals surface area contributed by atoms with Crippen molar-refractivity contribution in [2.75, 3.05) is 105 Å². The van der Waals surface area contributed by atoms with Crippen LogP contribution in [-0.2, 0) is 51.7 Å². The molecule has 0 saturated carbocycles. The molecule has 2 heterocycles. The summed E-state index contributed by atoms with van der Waals surface area (Å²) in [5.41, 5.74) is 17.1. The van der Waals surface area contributed by atoms with Crippen LogP contribution in [0.1, 0.15) is 65.5 Å². The van der Waals surface area contributed by atoms with Gasteiger partial charge < -0.3 is 40.2 Å². The number of halogens is 4. The Kier molecular flexibility index (Phi) is 22.9. The van der Waals surface area contributed by atoms with Gasteiger partial charge in [0.15, 0.2) is 19.7 Å². The van der Waals surface area contributed by atoms with Crippen LogP contribution in [0.25, 0.3) is 0 Å². The number of ether oxygens (including phenoxy) is 4. The fourth-order valence-electron chi connectivity index (χ4n) is 7.82. The zero-order valence-corrected chi connectivity index (χ0v) is 41.1. The van der Waals surface area contributed by atoms with Gasteiger partial charge in [-0.25, -0.2) is 16.8 Å². The Morgan fingerprint density at radius 3 is 1.22 bits per heavy atom. The van der Waals surface area contributed by atoms with Gasteiger partial charge in [-0.3, -0.25) is 0 Å². The summed E-state index contributed by atoms with van der Waals surface area (Å²) in [6, 6.07) is 21.8. The van der Waals surface area contributed by atoms with Gasteiger partial charge in [-0.15, -0.1) is 0 Å². The second-order valence-corrected chi connectivity index (χ2v) is 21.8. The maximum atomic E-state index is 12.7. The van der Waals surface area contributed by atoms with E-state index in [0.29, 0.717) is 109 Å². The lowest BCUT2D eigenvalue weighted by Crippen LogP contribution is -2.31. The first kappa shape index (κ1) is 55.2. The highest BCUT2D eigenvalue weighted by molar-refractivity contribution is 7.91. The Hall–Kier alpha value is -2.38. The summed E-state index contributed by atoms with van der Waals surface area (Å²) in [5.74, 6) is 0.227. The van der Waals surface area contributed by atoms with Gasteiger partial charge in [-0.05, 0) is 109 Å². The van der Waals surface area contributed by atoms with Crippen molar-refractivity contribution in [3.05, 3.63) is 126 Å². The predicted molar refractivity (Wildman–Crippen MR) is 264 cm³/mol. The van der Waals surface area contributed by atoms with Crippen LogP contribution in [0.3, 0.4) is 0 Å². The molecule has 65 heavy (non-hydrogen) atoms. The van der Waals surface area contributed by atoms with Crippen LogP contribution >= 0.6 is 46.4 Å². The third-order valence-corrected chi connectivity index (χ3v) is 15.7. The van der Waals surface area contributed by atoms with Crippen molar-refractivity contribution < 1.29 is 35.8 Å². The van der Waals surface area contributed by atoms with E-state index in [4.69, 9.17) is 76.8 Å². The van der Waals surface area contributed by atoms with E-state index in [1.807, 2.05) is 50.5 Å². The first-order valence-electron chi connectivity index (χ1n) is 21.3. The molecular formula is C47H64Cl4N4O8S2. The molecule has 0 aliphatic carbocycles. The molecular weight excluding hydrogens is 954 g/mol. The maximum absolute atomic E-state index is 12.7. The second-order valence-electron chi connectivity index (χ2n) is 15.9. The van der Waals surface area contributed by atoms with E-state index in [1.54, 1.807) is 36.4 Å². The predicted octanol–water partition coefficient (Wildman–Crippen LogP) is 8.09. The van der Waals surface area contributed by atoms with Crippen molar-refractivity contribution in [1.29, 1.82) is 0 Å². The summed E-state index contributed by atoms with van der Waals surface area (Å²) >= 11 is 25.4. The molecule has 2 aliphatic rings. The van der Waals surface area contributed by atoms with Gasteiger partial charge in [-0.2, -0.15) is 0 Å². The van der Waals surface area contributed by atoms with E-state index >= 15 is 0 Å². The number of benzene rings is 4. The molecule has 0 amide bonds. The third kappa shape index (κ3) is 16.4. The topological polar surface area (TPSA) is 164 Å². The Labute approximate surface area is 406 Å². The molecule has 0 saturated heterocycles. The highest BCUT2D eigenvalue weighted by atomic mass is 35.5. The van der Waals surface area contributed by atoms with E-state index in [2.05, 4.69) is 9.80 Å². The maximum Gasteiger partial charge on any atom is 0.178 e. The average Bonchev–Trinajstić information content (AvgIpc) is 3.26. The SMILES string of the molecule is C.CN1Cc2c(Cl)cc(Cl)cc2C(c2ccc(S(=O)(=O)CCCOCCOCCN)cc2)C1.CN1Cc2c(Cl)cc(Cl)cc2[C@H](c2ccc(S(=O)(=O)CCCOCCOCCN)cc2)C1. The number of sulfone groups is 2. The van der Waals surface area contributed by atoms with Gasteiger partial charge in [0, 0.05) is 84.4 Å². The van der Waals surface area contributed by atoms with Gasteiger partial charge in [0.1, 0.15) is 0 Å². The normalized spacial score (nSPS) is 16.6. The van der Waals surface area contributed by atoms with Gasteiger partial charge in [0.05, 0.1) is 60.9 Å². The lowest BCUT2D eigenvalue weighted by atomic mass is 9.85. The standard InChI is InChI=1S/2C23H30Cl2N2O4S.CH4/c2*1-27-15-21(20-13-18(24)14-23(25)22(20)16-27)17-3-5-19(6-4-17)32(28,29)12-2-8-30-10-11-31-9-7-26;/h2*3-6,13-14,21H,2,7-12,15-16,26H2,1H3;1H4/t21-;;/m0../s1. The third-order valence-electron chi connectivity index (χ3n) is 10.9. The van der Waals surface area contributed by atoms with Crippen molar-refractivity contribution in [3.63, 3.8) is 0 Å². The summed E-state index contributed by atoms with van der Waals surface area (Å²) < 4.78 is 72.1. The van der Waals surface area contributed by atoms with Crippen LogP contribution in [-0.4, -0.2) is 131 Å². The summed E-state index contributed by atoms with van der Waals surface area (Å²) in [7, 11) is -2.65. The molecule has 12 nitrogen and oxygen atoms in total. The van der Waals surface area contributed by atoms with Crippen LogP contribution in [0, 0.1) is 0 Å². The average molecular weight is 1020 g/mol. The molecule has 2 aliphatic heterocycles. The molecule has 0 bridgehead atoms. The van der Waals surface area contributed by atoms with Crippen LogP contribution in [0.4, 0.5) is 0 Å². The number of fused-ring (bicyclic) bond motifs is 2. The molecule has 0 fully saturated rings. The molecule has 18 heteroatoms. The smallest absolute Gasteiger partial charge is 0.178 e. The van der Waals surface area contributed by atoms with Gasteiger partial charge in [-0.1, -0.05) is 78.1 Å².